The second-order valence-electron chi connectivity index (χ2n) is 7.38. The molecule has 0 bridgehead atoms. The van der Waals surface area contributed by atoms with Crippen molar-refractivity contribution in [2.24, 2.45) is 0 Å². The van der Waals surface area contributed by atoms with E-state index in [0.717, 1.165) is 15.8 Å². The summed E-state index contributed by atoms with van der Waals surface area (Å²) < 4.78 is 0.993. The molecule has 2 N–H and O–H groups in total. The molecular formula is C24H19ClN4O2S2. The van der Waals surface area contributed by atoms with Crippen LogP contribution in [0.1, 0.15) is 25.3 Å². The lowest BCUT2D eigenvalue weighted by Crippen LogP contribution is -2.27. The Morgan fingerprint density at radius 2 is 1.97 bits per heavy atom. The normalized spacial score (nSPS) is 15.9. The van der Waals surface area contributed by atoms with Crippen LogP contribution in [-0.2, 0) is 9.59 Å². The van der Waals surface area contributed by atoms with Crippen LogP contribution in [0.4, 0.5) is 5.13 Å². The molecule has 0 fully saturated rings. The van der Waals surface area contributed by atoms with Crippen molar-refractivity contribution in [3.63, 3.8) is 0 Å². The lowest BCUT2D eigenvalue weighted by atomic mass is 9.81. The molecule has 3 aromatic rings. The van der Waals surface area contributed by atoms with Crippen LogP contribution in [0.25, 0.3) is 10.2 Å². The number of nitrogens with zero attached hydrogens (tertiary/aromatic N) is 2. The number of carbonyl (C=O) groups excluding carboxylic acids is 2. The number of anilines is 1. The molecule has 1 amide bonds. The van der Waals surface area contributed by atoms with Crippen LogP contribution in [0.5, 0.6) is 0 Å². The maximum Gasteiger partial charge on any atom is 0.236 e. The zero-order valence-corrected chi connectivity index (χ0v) is 20.2. The Labute approximate surface area is 204 Å². The van der Waals surface area contributed by atoms with E-state index in [0.29, 0.717) is 32.0 Å². The summed E-state index contributed by atoms with van der Waals surface area (Å²) in [6.07, 6.45) is 0. The number of nitrogens with one attached hydrogen (secondary N) is 2. The van der Waals surface area contributed by atoms with Crippen molar-refractivity contribution >= 4 is 61.7 Å². The predicted octanol–water partition coefficient (Wildman–Crippen LogP) is 5.61. The van der Waals surface area contributed by atoms with Crippen LogP contribution in [0.3, 0.4) is 0 Å². The van der Waals surface area contributed by atoms with E-state index in [1.807, 2.05) is 36.4 Å². The van der Waals surface area contributed by atoms with Gasteiger partial charge in [-0.1, -0.05) is 59.0 Å². The van der Waals surface area contributed by atoms with Crippen LogP contribution in [0.2, 0.25) is 5.02 Å². The van der Waals surface area contributed by atoms with Crippen molar-refractivity contribution in [3.05, 3.63) is 81.0 Å². The van der Waals surface area contributed by atoms with E-state index >= 15 is 0 Å². The number of hydrogen-bond acceptors (Lipinski definition) is 7. The Morgan fingerprint density at radius 3 is 2.64 bits per heavy atom. The van der Waals surface area contributed by atoms with E-state index in [2.05, 4.69) is 21.7 Å². The predicted molar refractivity (Wildman–Crippen MR) is 134 cm³/mol. The fourth-order valence-electron chi connectivity index (χ4n) is 3.70. The number of allylic oxidation sites excluding steroid dienone is 3. The quantitative estimate of drug-likeness (QED) is 0.462. The Bertz CT molecular complexity index is 1320. The fraction of sp³-hybridized carbons (Fsp3) is 0.167. The number of thioether (sulfide) groups is 1. The topological polar surface area (TPSA) is 94.9 Å². The number of hydrogen-bond donors (Lipinski definition) is 2. The van der Waals surface area contributed by atoms with Crippen molar-refractivity contribution in [2.45, 2.75) is 19.8 Å². The number of carbonyl (C=O) groups is 2. The number of amides is 1. The van der Waals surface area contributed by atoms with Crippen LogP contribution in [0.15, 0.2) is 70.4 Å². The maximum atomic E-state index is 12.6. The van der Waals surface area contributed by atoms with Crippen molar-refractivity contribution in [1.29, 1.82) is 5.26 Å². The molecule has 0 saturated heterocycles. The molecule has 6 nitrogen and oxygen atoms in total. The average molecular weight is 495 g/mol. The molecule has 1 atom stereocenters. The monoisotopic (exact) mass is 494 g/mol. The first-order valence-electron chi connectivity index (χ1n) is 10.0. The van der Waals surface area contributed by atoms with Gasteiger partial charge in [0.15, 0.2) is 10.9 Å². The number of thiazole rings is 1. The molecule has 0 aliphatic carbocycles. The summed E-state index contributed by atoms with van der Waals surface area (Å²) in [5.41, 5.74) is 3.20. The number of ketones is 1. The van der Waals surface area contributed by atoms with Gasteiger partial charge < -0.3 is 10.6 Å². The second kappa shape index (κ2) is 9.79. The molecule has 33 heavy (non-hydrogen) atoms. The summed E-state index contributed by atoms with van der Waals surface area (Å²) in [4.78, 5) is 29.4. The molecule has 0 saturated carbocycles. The van der Waals surface area contributed by atoms with Crippen LogP contribution >= 0.6 is 34.7 Å². The number of halogens is 1. The second-order valence-corrected chi connectivity index (χ2v) is 9.84. The first-order valence-corrected chi connectivity index (χ1v) is 12.2. The molecule has 0 radical (unpaired) electrons. The third-order valence-electron chi connectivity index (χ3n) is 5.12. The van der Waals surface area contributed by atoms with Gasteiger partial charge in [0, 0.05) is 16.3 Å². The molecule has 1 aromatic heterocycles. The van der Waals surface area contributed by atoms with Gasteiger partial charge in [-0.2, -0.15) is 5.26 Å². The SMILES string of the molecule is CC(=O)C1=C(C)NC(SCC(=O)Nc2nc3ccccc3s2)=C(C#N)[C@@H]1c1ccc(Cl)cc1. The highest BCUT2D eigenvalue weighted by atomic mass is 35.5. The number of para-hydroxylation sites is 1. The lowest BCUT2D eigenvalue weighted by Gasteiger charge is -2.29. The molecule has 0 spiro atoms. The number of fused-ring (bicyclic) bond motifs is 1. The third-order valence-corrected chi connectivity index (χ3v) is 7.34. The minimum Gasteiger partial charge on any atom is -0.353 e. The van der Waals surface area contributed by atoms with Crippen molar-refractivity contribution in [3.8, 4) is 6.07 Å². The van der Waals surface area contributed by atoms with Gasteiger partial charge in [0.2, 0.25) is 5.91 Å². The van der Waals surface area contributed by atoms with Crippen LogP contribution < -0.4 is 10.6 Å². The summed E-state index contributed by atoms with van der Waals surface area (Å²) in [6.45, 7) is 3.29. The molecule has 2 heterocycles. The summed E-state index contributed by atoms with van der Waals surface area (Å²) in [5, 5.41) is 17.6. The number of aromatic nitrogens is 1. The first kappa shape index (κ1) is 23.1. The van der Waals surface area contributed by atoms with Gasteiger partial charge in [-0.3, -0.25) is 9.59 Å². The number of rotatable bonds is 6. The highest BCUT2D eigenvalue weighted by Gasteiger charge is 2.33. The summed E-state index contributed by atoms with van der Waals surface area (Å²) in [7, 11) is 0. The highest BCUT2D eigenvalue weighted by Crippen LogP contribution is 2.41. The number of benzene rings is 2. The molecule has 2 aromatic carbocycles. The largest absolute Gasteiger partial charge is 0.353 e. The number of nitriles is 1. The maximum absolute atomic E-state index is 12.6. The Kier molecular flexibility index (Phi) is 6.84. The van der Waals surface area contributed by atoms with Crippen molar-refractivity contribution in [1.82, 2.24) is 10.3 Å². The summed E-state index contributed by atoms with van der Waals surface area (Å²) in [5.74, 6) is -0.793. The van der Waals surface area contributed by atoms with Crippen molar-refractivity contribution in [2.75, 3.05) is 11.1 Å². The fourth-order valence-corrected chi connectivity index (χ4v) is 5.60. The van der Waals surface area contributed by atoms with Crippen molar-refractivity contribution < 1.29 is 9.59 Å². The molecule has 9 heteroatoms. The molecule has 0 unspecified atom stereocenters. The average Bonchev–Trinajstić information content (AvgIpc) is 3.19. The first-order chi connectivity index (χ1) is 15.9. The van der Waals surface area contributed by atoms with Gasteiger partial charge in [0.25, 0.3) is 0 Å². The summed E-state index contributed by atoms with van der Waals surface area (Å²) >= 11 is 8.66. The highest BCUT2D eigenvalue weighted by molar-refractivity contribution is 8.03. The van der Waals surface area contributed by atoms with E-state index in [9.17, 15) is 14.9 Å². The number of Topliss-reactive ketones (excluding diaryl/α,β-unsaturated/α-hetero) is 1. The third kappa shape index (κ3) is 4.96. The Balaban J connectivity index is 1.57. The van der Waals surface area contributed by atoms with E-state index in [4.69, 9.17) is 11.6 Å². The zero-order valence-electron chi connectivity index (χ0n) is 17.8. The summed E-state index contributed by atoms with van der Waals surface area (Å²) in [6, 6.07) is 17.0. The van der Waals surface area contributed by atoms with Gasteiger partial charge in [-0.15, -0.1) is 0 Å². The molecular weight excluding hydrogens is 476 g/mol. The smallest absolute Gasteiger partial charge is 0.236 e. The minimum absolute atomic E-state index is 0.0828. The molecule has 4 rings (SSSR count). The van der Waals surface area contributed by atoms with E-state index in [1.54, 1.807) is 19.1 Å². The standard InChI is InChI=1S/C24H19ClN4O2S2/c1-13-21(14(2)30)22(15-7-9-16(25)10-8-15)17(11-26)23(27-13)32-12-20(31)29-24-28-18-5-3-4-6-19(18)33-24/h3-10,22,27H,12H2,1-2H3,(H,28,29,31)/t22-/m0/s1. The molecule has 166 valence electrons. The van der Waals surface area contributed by atoms with Gasteiger partial charge >= 0.3 is 0 Å². The Hall–Kier alpha value is -3.12. The van der Waals surface area contributed by atoms with E-state index < -0.39 is 5.92 Å². The lowest BCUT2D eigenvalue weighted by molar-refractivity contribution is -0.114. The number of dihydropyridines is 1. The van der Waals surface area contributed by atoms with E-state index in [-0.39, 0.29) is 17.4 Å². The van der Waals surface area contributed by atoms with Gasteiger partial charge in [-0.05, 0) is 43.7 Å². The minimum atomic E-state index is -0.527. The molecule has 1 aliphatic heterocycles. The van der Waals surface area contributed by atoms with E-state index in [1.165, 1.54) is 30.0 Å². The van der Waals surface area contributed by atoms with Gasteiger partial charge in [0.1, 0.15) is 0 Å². The zero-order chi connectivity index (χ0) is 23.5. The van der Waals surface area contributed by atoms with Crippen LogP contribution in [0, 0.1) is 11.3 Å². The Morgan fingerprint density at radius 1 is 1.24 bits per heavy atom. The van der Waals surface area contributed by atoms with Gasteiger partial charge in [0.05, 0.1) is 38.6 Å². The van der Waals surface area contributed by atoms with Crippen LogP contribution in [-0.4, -0.2) is 22.4 Å². The van der Waals surface area contributed by atoms with Gasteiger partial charge in [-0.25, -0.2) is 4.98 Å². The molecule has 1 aliphatic rings.